The first-order valence-electron chi connectivity index (χ1n) is 9.42. The van der Waals surface area contributed by atoms with E-state index < -0.39 is 5.97 Å². The van der Waals surface area contributed by atoms with Crippen molar-refractivity contribution >= 4 is 51.8 Å². The number of rotatable bonds is 7. The quantitative estimate of drug-likeness (QED) is 0.352. The van der Waals surface area contributed by atoms with Crippen LogP contribution < -0.4 is 10.1 Å². The van der Waals surface area contributed by atoms with Crippen molar-refractivity contribution in [3.05, 3.63) is 70.5 Å². The van der Waals surface area contributed by atoms with Gasteiger partial charge in [-0.15, -0.1) is 0 Å². The Bertz CT molecular complexity index is 1280. The number of aromatic nitrogens is 3. The lowest BCUT2D eigenvalue weighted by molar-refractivity contribution is 0.0692. The number of pyridine rings is 1. The average Bonchev–Trinajstić information content (AvgIpc) is 2.78. The van der Waals surface area contributed by atoms with E-state index in [0.717, 1.165) is 0 Å². The summed E-state index contributed by atoms with van der Waals surface area (Å²) in [5.41, 5.74) is 1.34. The molecule has 0 radical (unpaired) electrons. The molecule has 2 aromatic carbocycles. The standard InChI is InChI=1S/C22H16Cl2N4O4/c23-16-2-1-3-17(24)18(16)15-10-12-11-25-22(28-20(12)27-19(15)21(30)31)26-13-4-6-14(7-5-13)32-9-8-29/h1-7,10-11,29H,8-9H2,(H,30,31)(H,25,26,27,28). The highest BCUT2D eigenvalue weighted by Gasteiger charge is 2.20. The molecule has 0 spiro atoms. The number of nitrogens with zero attached hydrogens (tertiary/aromatic N) is 3. The second-order valence-electron chi connectivity index (χ2n) is 6.61. The van der Waals surface area contributed by atoms with Crippen LogP contribution in [0.2, 0.25) is 10.0 Å². The fourth-order valence-corrected chi connectivity index (χ4v) is 3.66. The summed E-state index contributed by atoms with van der Waals surface area (Å²) in [6.07, 6.45) is 1.54. The molecule has 0 saturated carbocycles. The molecule has 10 heteroatoms. The van der Waals surface area contributed by atoms with E-state index in [1.807, 2.05) is 0 Å². The van der Waals surface area contributed by atoms with Crippen molar-refractivity contribution in [2.45, 2.75) is 0 Å². The third-order valence-corrected chi connectivity index (χ3v) is 5.10. The van der Waals surface area contributed by atoms with E-state index in [0.29, 0.717) is 32.4 Å². The SMILES string of the molecule is O=C(O)c1nc2nc(Nc3ccc(OCCO)cc3)ncc2cc1-c1c(Cl)cccc1Cl. The van der Waals surface area contributed by atoms with E-state index in [1.165, 1.54) is 6.20 Å². The fourth-order valence-electron chi connectivity index (χ4n) is 3.06. The number of ether oxygens (including phenoxy) is 1. The number of hydrogen-bond donors (Lipinski definition) is 3. The van der Waals surface area contributed by atoms with Gasteiger partial charge in [-0.2, -0.15) is 4.98 Å². The molecule has 0 aliphatic rings. The van der Waals surface area contributed by atoms with Crippen LogP contribution in [0.4, 0.5) is 11.6 Å². The van der Waals surface area contributed by atoms with E-state index in [-0.39, 0.29) is 36.1 Å². The maximum Gasteiger partial charge on any atom is 0.355 e. The first kappa shape index (κ1) is 21.8. The van der Waals surface area contributed by atoms with Crippen LogP contribution in [0.25, 0.3) is 22.2 Å². The van der Waals surface area contributed by atoms with Crippen LogP contribution in [-0.2, 0) is 0 Å². The predicted octanol–water partition coefficient (Wildman–Crippen LogP) is 4.81. The normalized spacial score (nSPS) is 10.8. The largest absolute Gasteiger partial charge is 0.491 e. The maximum atomic E-state index is 11.9. The topological polar surface area (TPSA) is 117 Å². The first-order valence-corrected chi connectivity index (χ1v) is 10.2. The number of nitrogens with one attached hydrogen (secondary N) is 1. The van der Waals surface area contributed by atoms with Crippen LogP contribution in [0, 0.1) is 0 Å². The van der Waals surface area contributed by atoms with Crippen LogP contribution in [0.5, 0.6) is 5.75 Å². The lowest BCUT2D eigenvalue weighted by Crippen LogP contribution is -2.06. The molecule has 32 heavy (non-hydrogen) atoms. The number of carboxylic acids is 1. The van der Waals surface area contributed by atoms with Crippen LogP contribution in [0.1, 0.15) is 10.5 Å². The minimum atomic E-state index is -1.23. The van der Waals surface area contributed by atoms with Crippen molar-refractivity contribution in [3.8, 4) is 16.9 Å². The number of fused-ring (bicyclic) bond motifs is 1. The van der Waals surface area contributed by atoms with Crippen molar-refractivity contribution in [1.82, 2.24) is 15.0 Å². The second-order valence-corrected chi connectivity index (χ2v) is 7.43. The molecule has 0 amide bonds. The van der Waals surface area contributed by atoms with E-state index in [1.54, 1.807) is 48.5 Å². The van der Waals surface area contributed by atoms with Crippen LogP contribution in [0.15, 0.2) is 54.7 Å². The van der Waals surface area contributed by atoms with Crippen molar-refractivity contribution in [2.75, 3.05) is 18.5 Å². The summed E-state index contributed by atoms with van der Waals surface area (Å²) in [4.78, 5) is 24.8. The Hall–Kier alpha value is -3.46. The van der Waals surface area contributed by atoms with Gasteiger partial charge in [0.2, 0.25) is 5.95 Å². The second kappa shape index (κ2) is 9.35. The van der Waals surface area contributed by atoms with Crippen molar-refractivity contribution in [3.63, 3.8) is 0 Å². The number of halogens is 2. The van der Waals surface area contributed by atoms with Gasteiger partial charge in [0.05, 0.1) is 6.61 Å². The maximum absolute atomic E-state index is 11.9. The van der Waals surface area contributed by atoms with Gasteiger partial charge in [-0.25, -0.2) is 14.8 Å². The first-order chi connectivity index (χ1) is 15.5. The number of aliphatic hydroxyl groups is 1. The molecule has 2 heterocycles. The van der Waals surface area contributed by atoms with Crippen LogP contribution in [0.3, 0.4) is 0 Å². The summed E-state index contributed by atoms with van der Waals surface area (Å²) in [7, 11) is 0. The molecule has 4 rings (SSSR count). The molecule has 2 aromatic heterocycles. The van der Waals surface area contributed by atoms with Crippen LogP contribution >= 0.6 is 23.2 Å². The highest BCUT2D eigenvalue weighted by molar-refractivity contribution is 6.39. The molecule has 0 aliphatic heterocycles. The van der Waals surface area contributed by atoms with Gasteiger partial charge < -0.3 is 20.3 Å². The zero-order valence-electron chi connectivity index (χ0n) is 16.4. The monoisotopic (exact) mass is 470 g/mol. The summed E-state index contributed by atoms with van der Waals surface area (Å²) in [6.45, 7) is 0.139. The third-order valence-electron chi connectivity index (χ3n) is 4.47. The predicted molar refractivity (Wildman–Crippen MR) is 122 cm³/mol. The lowest BCUT2D eigenvalue weighted by Gasteiger charge is -2.12. The summed E-state index contributed by atoms with van der Waals surface area (Å²) in [5.74, 6) is -0.374. The van der Waals surface area contributed by atoms with E-state index in [9.17, 15) is 9.90 Å². The average molecular weight is 471 g/mol. The Morgan fingerprint density at radius 1 is 1.06 bits per heavy atom. The molecule has 4 aromatic rings. The van der Waals surface area contributed by atoms with Crippen LogP contribution in [-0.4, -0.2) is 44.3 Å². The summed E-state index contributed by atoms with van der Waals surface area (Å²) in [5, 5.41) is 22.7. The molecule has 0 bridgehead atoms. The zero-order valence-corrected chi connectivity index (χ0v) is 17.9. The van der Waals surface area contributed by atoms with Gasteiger partial charge in [0, 0.05) is 38.4 Å². The molecular formula is C22H16Cl2N4O4. The third kappa shape index (κ3) is 4.57. The summed E-state index contributed by atoms with van der Waals surface area (Å²) >= 11 is 12.6. The summed E-state index contributed by atoms with van der Waals surface area (Å²) in [6, 6.07) is 13.5. The summed E-state index contributed by atoms with van der Waals surface area (Å²) < 4.78 is 5.32. The fraction of sp³-hybridized carbons (Fsp3) is 0.0909. The Kier molecular flexibility index (Phi) is 6.36. The van der Waals surface area contributed by atoms with Gasteiger partial charge in [0.25, 0.3) is 0 Å². The lowest BCUT2D eigenvalue weighted by atomic mass is 10.0. The molecule has 0 fully saturated rings. The zero-order chi connectivity index (χ0) is 22.7. The number of carboxylic acid groups (broad SMARTS) is 1. The molecule has 3 N–H and O–H groups in total. The minimum Gasteiger partial charge on any atom is -0.491 e. The Labute approximate surface area is 192 Å². The van der Waals surface area contributed by atoms with E-state index >= 15 is 0 Å². The van der Waals surface area contributed by atoms with Crippen molar-refractivity contribution in [2.24, 2.45) is 0 Å². The number of anilines is 2. The Morgan fingerprint density at radius 2 is 1.78 bits per heavy atom. The van der Waals surface area contributed by atoms with Crippen molar-refractivity contribution < 1.29 is 19.7 Å². The Balaban J connectivity index is 1.70. The number of hydrogen-bond acceptors (Lipinski definition) is 7. The molecule has 0 saturated heterocycles. The molecular weight excluding hydrogens is 455 g/mol. The number of benzene rings is 2. The van der Waals surface area contributed by atoms with Crippen molar-refractivity contribution in [1.29, 1.82) is 0 Å². The van der Waals surface area contributed by atoms with Gasteiger partial charge in [0.15, 0.2) is 11.3 Å². The number of aliphatic hydroxyl groups excluding tert-OH is 1. The number of aromatic carboxylic acids is 1. The van der Waals surface area contributed by atoms with Gasteiger partial charge in [-0.05, 0) is 42.5 Å². The molecule has 8 nitrogen and oxygen atoms in total. The van der Waals surface area contributed by atoms with Gasteiger partial charge in [0.1, 0.15) is 12.4 Å². The highest BCUT2D eigenvalue weighted by Crippen LogP contribution is 2.37. The van der Waals surface area contributed by atoms with Gasteiger partial charge >= 0.3 is 5.97 Å². The highest BCUT2D eigenvalue weighted by atomic mass is 35.5. The minimum absolute atomic E-state index is 0.0688. The Morgan fingerprint density at radius 3 is 2.44 bits per heavy atom. The van der Waals surface area contributed by atoms with Gasteiger partial charge in [-0.1, -0.05) is 29.3 Å². The molecule has 0 aliphatic carbocycles. The van der Waals surface area contributed by atoms with Gasteiger partial charge in [-0.3, -0.25) is 0 Å². The number of carbonyl (C=O) groups is 1. The molecule has 162 valence electrons. The van der Waals surface area contributed by atoms with E-state index in [4.69, 9.17) is 33.0 Å². The van der Waals surface area contributed by atoms with E-state index in [2.05, 4.69) is 20.3 Å². The molecule has 0 atom stereocenters. The molecule has 0 unspecified atom stereocenters. The smallest absolute Gasteiger partial charge is 0.355 e.